The molecular weight excluding hydrogens is 326 g/mol. The molecule has 4 rings (SSSR count). The lowest BCUT2D eigenvalue weighted by atomic mass is 9.88. The summed E-state index contributed by atoms with van der Waals surface area (Å²) in [4.78, 5) is 13.9. The van der Waals surface area contributed by atoms with Crippen LogP contribution in [0.1, 0.15) is 43.8 Å². The van der Waals surface area contributed by atoms with E-state index in [1.165, 1.54) is 19.3 Å². The van der Waals surface area contributed by atoms with Crippen LogP contribution in [0.3, 0.4) is 0 Å². The predicted molar refractivity (Wildman–Crippen MR) is 99.9 cm³/mol. The molecule has 0 radical (unpaired) electrons. The van der Waals surface area contributed by atoms with Crippen molar-refractivity contribution in [1.82, 2.24) is 15.0 Å². The topological polar surface area (TPSA) is 79.1 Å². The number of phenolic OH excluding ortho intramolecular Hbond substituents is 2. The van der Waals surface area contributed by atoms with Crippen LogP contribution in [0, 0.1) is 0 Å². The summed E-state index contributed by atoms with van der Waals surface area (Å²) < 4.78 is 0. The van der Waals surface area contributed by atoms with Crippen LogP contribution >= 0.6 is 0 Å². The Morgan fingerprint density at radius 2 is 1.15 bits per heavy atom. The summed E-state index contributed by atoms with van der Waals surface area (Å²) >= 11 is 0. The maximum Gasteiger partial charge on any atom is 0.167 e. The lowest BCUT2D eigenvalue weighted by Gasteiger charge is -2.21. The Bertz CT molecular complexity index is 857. The lowest BCUT2D eigenvalue weighted by molar-refractivity contribution is 0.428. The Labute approximate surface area is 152 Å². The van der Waals surface area contributed by atoms with E-state index >= 15 is 0 Å². The first-order valence-corrected chi connectivity index (χ1v) is 9.05. The Morgan fingerprint density at radius 1 is 0.654 bits per heavy atom. The molecule has 1 fully saturated rings. The summed E-state index contributed by atoms with van der Waals surface area (Å²) in [6.07, 6.45) is 5.72. The molecule has 2 N–H and O–H groups in total. The van der Waals surface area contributed by atoms with Gasteiger partial charge in [0.2, 0.25) is 0 Å². The highest BCUT2D eigenvalue weighted by atomic mass is 16.3. The van der Waals surface area contributed by atoms with Gasteiger partial charge in [-0.1, -0.05) is 43.5 Å². The van der Waals surface area contributed by atoms with E-state index in [1.54, 1.807) is 36.4 Å². The minimum absolute atomic E-state index is 0.136. The minimum atomic E-state index is 0.136. The fourth-order valence-corrected chi connectivity index (χ4v) is 3.50. The van der Waals surface area contributed by atoms with E-state index in [-0.39, 0.29) is 11.5 Å². The molecule has 0 amide bonds. The molecule has 5 nitrogen and oxygen atoms in total. The number of hydrogen-bond donors (Lipinski definition) is 2. The van der Waals surface area contributed by atoms with Gasteiger partial charge >= 0.3 is 0 Å². The van der Waals surface area contributed by atoms with Gasteiger partial charge in [-0.2, -0.15) is 0 Å². The number of benzene rings is 2. The van der Waals surface area contributed by atoms with Crippen LogP contribution in [0.4, 0.5) is 0 Å². The van der Waals surface area contributed by atoms with E-state index < -0.39 is 0 Å². The molecule has 26 heavy (non-hydrogen) atoms. The van der Waals surface area contributed by atoms with E-state index in [0.29, 0.717) is 28.7 Å². The molecule has 0 bridgehead atoms. The van der Waals surface area contributed by atoms with Crippen molar-refractivity contribution in [3.63, 3.8) is 0 Å². The number of rotatable bonds is 3. The van der Waals surface area contributed by atoms with Crippen molar-refractivity contribution in [1.29, 1.82) is 0 Å². The second kappa shape index (κ2) is 7.12. The molecule has 1 heterocycles. The maximum atomic E-state index is 10.2. The largest absolute Gasteiger partial charge is 0.507 e. The average Bonchev–Trinajstić information content (AvgIpc) is 2.69. The van der Waals surface area contributed by atoms with Gasteiger partial charge < -0.3 is 10.2 Å². The molecule has 132 valence electrons. The summed E-state index contributed by atoms with van der Waals surface area (Å²) in [5.41, 5.74) is 1.15. The van der Waals surface area contributed by atoms with E-state index in [9.17, 15) is 10.2 Å². The zero-order valence-corrected chi connectivity index (χ0v) is 14.5. The van der Waals surface area contributed by atoms with Crippen LogP contribution in [-0.2, 0) is 0 Å². The number of phenols is 2. The molecule has 5 heteroatoms. The van der Waals surface area contributed by atoms with Crippen molar-refractivity contribution in [2.75, 3.05) is 0 Å². The number of aromatic nitrogens is 3. The summed E-state index contributed by atoms with van der Waals surface area (Å²) in [5, 5.41) is 20.5. The van der Waals surface area contributed by atoms with Gasteiger partial charge in [0.1, 0.15) is 17.3 Å². The second-order valence-electron chi connectivity index (χ2n) is 6.71. The smallest absolute Gasteiger partial charge is 0.167 e. The first-order valence-electron chi connectivity index (χ1n) is 9.05. The summed E-state index contributed by atoms with van der Waals surface area (Å²) in [5.74, 6) is 2.19. The van der Waals surface area contributed by atoms with Gasteiger partial charge in [0.05, 0.1) is 11.1 Å². The van der Waals surface area contributed by atoms with E-state index in [1.807, 2.05) is 12.1 Å². The van der Waals surface area contributed by atoms with Crippen LogP contribution in [0.15, 0.2) is 48.5 Å². The van der Waals surface area contributed by atoms with Gasteiger partial charge in [0.25, 0.3) is 0 Å². The molecule has 0 spiro atoms. The van der Waals surface area contributed by atoms with Crippen LogP contribution in [-0.4, -0.2) is 25.2 Å². The standard InChI is InChI=1S/C21H21N3O2/c25-17-12-6-4-10-15(17)20-22-19(14-8-2-1-3-9-14)23-21(24-20)16-11-5-7-13-18(16)26/h4-7,10-14,25-26H,1-3,8-9H2. The molecule has 0 unspecified atom stereocenters. The van der Waals surface area contributed by atoms with Crippen LogP contribution in [0.2, 0.25) is 0 Å². The van der Waals surface area contributed by atoms with Crippen molar-refractivity contribution in [3.8, 4) is 34.3 Å². The Morgan fingerprint density at radius 3 is 1.65 bits per heavy atom. The van der Waals surface area contributed by atoms with Gasteiger partial charge in [0.15, 0.2) is 11.6 Å². The van der Waals surface area contributed by atoms with E-state index in [0.717, 1.165) is 18.7 Å². The van der Waals surface area contributed by atoms with Crippen molar-refractivity contribution >= 4 is 0 Å². The van der Waals surface area contributed by atoms with Crippen molar-refractivity contribution in [2.24, 2.45) is 0 Å². The zero-order valence-electron chi connectivity index (χ0n) is 14.5. The van der Waals surface area contributed by atoms with Crippen molar-refractivity contribution in [2.45, 2.75) is 38.0 Å². The number of hydrogen-bond acceptors (Lipinski definition) is 5. The van der Waals surface area contributed by atoms with E-state index in [4.69, 9.17) is 0 Å². The molecule has 2 aromatic carbocycles. The lowest BCUT2D eigenvalue weighted by Crippen LogP contribution is -2.11. The number of aromatic hydroxyl groups is 2. The van der Waals surface area contributed by atoms with Gasteiger partial charge in [0, 0.05) is 5.92 Å². The molecule has 1 aliphatic carbocycles. The van der Waals surface area contributed by atoms with Gasteiger partial charge in [-0.3, -0.25) is 0 Å². The third kappa shape index (κ3) is 3.25. The third-order valence-corrected chi connectivity index (χ3v) is 4.91. The monoisotopic (exact) mass is 347 g/mol. The normalized spacial score (nSPS) is 15.1. The summed E-state index contributed by atoms with van der Waals surface area (Å²) in [6.45, 7) is 0. The SMILES string of the molecule is Oc1ccccc1-c1nc(-c2ccccc2O)nc(C2CCCCC2)n1. The van der Waals surface area contributed by atoms with Crippen LogP contribution in [0.5, 0.6) is 11.5 Å². The summed E-state index contributed by atoms with van der Waals surface area (Å²) in [6, 6.07) is 14.1. The second-order valence-corrected chi connectivity index (χ2v) is 6.71. The van der Waals surface area contributed by atoms with Crippen LogP contribution in [0.25, 0.3) is 22.8 Å². The van der Waals surface area contributed by atoms with Crippen molar-refractivity contribution < 1.29 is 10.2 Å². The number of para-hydroxylation sites is 2. The first kappa shape index (κ1) is 16.5. The molecule has 0 saturated heterocycles. The Kier molecular flexibility index (Phi) is 4.52. The van der Waals surface area contributed by atoms with Gasteiger partial charge in [-0.15, -0.1) is 0 Å². The molecule has 0 aliphatic heterocycles. The average molecular weight is 347 g/mol. The summed E-state index contributed by atoms with van der Waals surface area (Å²) in [7, 11) is 0. The fourth-order valence-electron chi connectivity index (χ4n) is 3.50. The molecule has 3 aromatic rings. The maximum absolute atomic E-state index is 10.2. The van der Waals surface area contributed by atoms with Gasteiger partial charge in [-0.05, 0) is 37.1 Å². The zero-order chi connectivity index (χ0) is 17.9. The highest BCUT2D eigenvalue weighted by molar-refractivity contribution is 5.68. The molecular formula is C21H21N3O2. The Hall–Kier alpha value is -2.95. The van der Waals surface area contributed by atoms with E-state index in [2.05, 4.69) is 15.0 Å². The molecule has 1 aromatic heterocycles. The minimum Gasteiger partial charge on any atom is -0.507 e. The first-order chi connectivity index (χ1) is 12.7. The quantitative estimate of drug-likeness (QED) is 0.720. The number of nitrogens with zero attached hydrogens (tertiary/aromatic N) is 3. The highest BCUT2D eigenvalue weighted by Gasteiger charge is 2.22. The Balaban J connectivity index is 1.87. The predicted octanol–water partition coefficient (Wildman–Crippen LogP) is 4.66. The molecule has 1 aliphatic rings. The molecule has 0 atom stereocenters. The highest BCUT2D eigenvalue weighted by Crippen LogP contribution is 2.35. The van der Waals surface area contributed by atoms with Gasteiger partial charge in [-0.25, -0.2) is 15.0 Å². The third-order valence-electron chi connectivity index (χ3n) is 4.91. The fraction of sp³-hybridized carbons (Fsp3) is 0.286. The van der Waals surface area contributed by atoms with Crippen molar-refractivity contribution in [3.05, 3.63) is 54.4 Å². The molecule has 1 saturated carbocycles. The van der Waals surface area contributed by atoms with Crippen LogP contribution < -0.4 is 0 Å².